The standard InChI is InChI=1S/C27H22ClF3N4O4S/c28-21-9-17(13-32)8-19(10-21)18-4-5-24-25(11-18)35(15-22-14-33(16-26(36)37)6-7-34(22)24)40(38,39)23-3-1-2-20(12-23)27(29,30)31/h1-5,8-12,22H,6-7,14-16H2,(H,36,37)/t22-/m0/s1. The summed E-state index contributed by atoms with van der Waals surface area (Å²) >= 11 is 6.19. The SMILES string of the molecule is N#Cc1cc(Cl)cc(-c2ccc3c(c2)N(S(=O)(=O)c2cccc(C(F)(F)F)c2)C[C@@H]2CN(CC(=O)O)CCN32)c1. The number of halogens is 4. The summed E-state index contributed by atoms with van der Waals surface area (Å²) in [5.41, 5.74) is 1.16. The lowest BCUT2D eigenvalue weighted by atomic mass is 9.99. The van der Waals surface area contributed by atoms with E-state index in [0.717, 1.165) is 22.5 Å². The monoisotopic (exact) mass is 590 g/mol. The summed E-state index contributed by atoms with van der Waals surface area (Å²) in [6.45, 7) is 0.792. The first-order valence-electron chi connectivity index (χ1n) is 12.1. The number of sulfonamides is 1. The molecule has 3 aromatic rings. The molecule has 1 fully saturated rings. The van der Waals surface area contributed by atoms with E-state index >= 15 is 0 Å². The molecule has 1 N–H and O–H groups in total. The van der Waals surface area contributed by atoms with Gasteiger partial charge in [-0.3, -0.25) is 14.0 Å². The second-order valence-electron chi connectivity index (χ2n) is 9.58. The molecular formula is C27H22ClF3N4O4S. The molecule has 0 bridgehead atoms. The number of carboxylic acid groups (broad SMARTS) is 1. The van der Waals surface area contributed by atoms with Crippen molar-refractivity contribution in [3.05, 3.63) is 76.8 Å². The van der Waals surface area contributed by atoms with Crippen molar-refractivity contribution in [1.29, 1.82) is 5.26 Å². The van der Waals surface area contributed by atoms with Crippen molar-refractivity contribution < 1.29 is 31.5 Å². The van der Waals surface area contributed by atoms with Crippen LogP contribution in [0.3, 0.4) is 0 Å². The van der Waals surface area contributed by atoms with Crippen LogP contribution in [0.25, 0.3) is 11.1 Å². The second kappa shape index (κ2) is 10.3. The van der Waals surface area contributed by atoms with Crippen molar-refractivity contribution in [2.24, 2.45) is 0 Å². The number of fused-ring (bicyclic) bond motifs is 3. The Morgan fingerprint density at radius 1 is 1.02 bits per heavy atom. The summed E-state index contributed by atoms with van der Waals surface area (Å²) in [5.74, 6) is -1.01. The second-order valence-corrected chi connectivity index (χ2v) is 11.9. The number of rotatable bonds is 5. The highest BCUT2D eigenvalue weighted by Gasteiger charge is 2.41. The highest BCUT2D eigenvalue weighted by Crippen LogP contribution is 2.43. The smallest absolute Gasteiger partial charge is 0.416 e. The van der Waals surface area contributed by atoms with E-state index in [1.807, 2.05) is 11.0 Å². The maximum Gasteiger partial charge on any atom is 0.416 e. The van der Waals surface area contributed by atoms with Crippen LogP contribution in [-0.2, 0) is 21.0 Å². The van der Waals surface area contributed by atoms with Gasteiger partial charge in [0.15, 0.2) is 0 Å². The first-order valence-corrected chi connectivity index (χ1v) is 13.9. The molecule has 0 radical (unpaired) electrons. The Labute approximate surface area is 233 Å². The zero-order chi connectivity index (χ0) is 28.8. The maximum atomic E-state index is 13.9. The molecule has 0 saturated carbocycles. The number of carboxylic acids is 1. The van der Waals surface area contributed by atoms with E-state index < -0.39 is 38.7 Å². The number of carbonyl (C=O) groups is 1. The number of hydrogen-bond acceptors (Lipinski definition) is 6. The van der Waals surface area contributed by atoms with E-state index in [1.54, 1.807) is 35.2 Å². The third-order valence-electron chi connectivity index (χ3n) is 6.97. The number of anilines is 2. The van der Waals surface area contributed by atoms with Crippen molar-refractivity contribution in [1.82, 2.24) is 4.90 Å². The fourth-order valence-corrected chi connectivity index (χ4v) is 6.96. The number of aliphatic carboxylic acids is 1. The van der Waals surface area contributed by atoms with Crippen molar-refractivity contribution in [3.8, 4) is 17.2 Å². The molecule has 40 heavy (non-hydrogen) atoms. The minimum absolute atomic E-state index is 0.107. The predicted octanol–water partition coefficient (Wildman–Crippen LogP) is 4.68. The van der Waals surface area contributed by atoms with Gasteiger partial charge in [0.25, 0.3) is 10.0 Å². The fourth-order valence-electron chi connectivity index (χ4n) is 5.17. The Bertz CT molecular complexity index is 1640. The molecule has 208 valence electrons. The zero-order valence-corrected chi connectivity index (χ0v) is 22.3. The molecule has 2 heterocycles. The molecule has 0 aliphatic carbocycles. The highest BCUT2D eigenvalue weighted by molar-refractivity contribution is 7.92. The molecular weight excluding hydrogens is 569 g/mol. The topological polar surface area (TPSA) is 105 Å². The summed E-state index contributed by atoms with van der Waals surface area (Å²) < 4.78 is 69.3. The molecule has 0 spiro atoms. The summed E-state index contributed by atoms with van der Waals surface area (Å²) in [6.07, 6.45) is -4.74. The normalized spacial score (nSPS) is 17.6. The summed E-state index contributed by atoms with van der Waals surface area (Å²) in [6, 6.07) is 15.0. The zero-order valence-electron chi connectivity index (χ0n) is 20.8. The van der Waals surface area contributed by atoms with E-state index in [-0.39, 0.29) is 25.3 Å². The molecule has 0 unspecified atom stereocenters. The van der Waals surface area contributed by atoms with Gasteiger partial charge in [-0.05, 0) is 59.7 Å². The van der Waals surface area contributed by atoms with E-state index in [9.17, 15) is 36.8 Å². The number of nitrogens with zero attached hydrogens (tertiary/aromatic N) is 4. The lowest BCUT2D eigenvalue weighted by Gasteiger charge is -2.49. The lowest BCUT2D eigenvalue weighted by molar-refractivity contribution is -0.139. The Morgan fingerprint density at radius 3 is 2.50 bits per heavy atom. The summed E-state index contributed by atoms with van der Waals surface area (Å²) in [4.78, 5) is 14.5. The van der Waals surface area contributed by atoms with E-state index in [4.69, 9.17) is 11.6 Å². The van der Waals surface area contributed by atoms with Crippen molar-refractivity contribution in [3.63, 3.8) is 0 Å². The quantitative estimate of drug-likeness (QED) is 0.460. The number of piperazine rings is 1. The molecule has 8 nitrogen and oxygen atoms in total. The number of hydrogen-bond donors (Lipinski definition) is 1. The molecule has 1 atom stereocenters. The Balaban J connectivity index is 1.64. The number of alkyl halides is 3. The van der Waals surface area contributed by atoms with Gasteiger partial charge in [-0.2, -0.15) is 18.4 Å². The molecule has 2 aliphatic rings. The summed E-state index contributed by atoms with van der Waals surface area (Å²) in [7, 11) is -4.48. The van der Waals surface area contributed by atoms with Gasteiger partial charge in [-0.1, -0.05) is 23.7 Å². The third kappa shape index (κ3) is 5.32. The van der Waals surface area contributed by atoms with Gasteiger partial charge >= 0.3 is 12.1 Å². The van der Waals surface area contributed by atoms with Crippen LogP contribution in [0, 0.1) is 11.3 Å². The molecule has 0 aromatic heterocycles. The first-order chi connectivity index (χ1) is 18.9. The van der Waals surface area contributed by atoms with Gasteiger partial charge in [0.2, 0.25) is 0 Å². The van der Waals surface area contributed by atoms with Crippen molar-refractivity contribution in [2.45, 2.75) is 17.1 Å². The third-order valence-corrected chi connectivity index (χ3v) is 8.96. The van der Waals surface area contributed by atoms with Gasteiger partial charge in [0.05, 0.1) is 52.6 Å². The van der Waals surface area contributed by atoms with E-state index in [0.29, 0.717) is 46.6 Å². The molecule has 5 rings (SSSR count). The molecule has 1 saturated heterocycles. The summed E-state index contributed by atoms with van der Waals surface area (Å²) in [5, 5.41) is 18.9. The molecule has 13 heteroatoms. The van der Waals surface area contributed by atoms with Gasteiger partial charge in [0, 0.05) is 24.7 Å². The number of nitriles is 1. The van der Waals surface area contributed by atoms with Crippen LogP contribution in [0.4, 0.5) is 24.5 Å². The largest absolute Gasteiger partial charge is 0.480 e. The highest BCUT2D eigenvalue weighted by atomic mass is 35.5. The van der Waals surface area contributed by atoms with Crippen molar-refractivity contribution in [2.75, 3.05) is 41.9 Å². The van der Waals surface area contributed by atoms with Gasteiger partial charge < -0.3 is 10.0 Å². The average molecular weight is 591 g/mol. The number of benzene rings is 3. The van der Waals surface area contributed by atoms with Crippen LogP contribution in [0.2, 0.25) is 5.02 Å². The van der Waals surface area contributed by atoms with Crippen LogP contribution in [0.5, 0.6) is 0 Å². The first kappa shape index (κ1) is 27.8. The van der Waals surface area contributed by atoms with E-state index in [1.165, 1.54) is 6.07 Å². The van der Waals surface area contributed by atoms with Crippen LogP contribution in [0.15, 0.2) is 65.6 Å². The Kier molecular flexibility index (Phi) is 7.16. The minimum atomic E-state index is -4.74. The van der Waals surface area contributed by atoms with Gasteiger partial charge in [-0.15, -0.1) is 0 Å². The molecule has 2 aliphatic heterocycles. The Hall–Kier alpha value is -3.79. The molecule has 0 amide bonds. The molecule has 3 aromatic carbocycles. The Morgan fingerprint density at radius 2 is 1.80 bits per heavy atom. The van der Waals surface area contributed by atoms with E-state index in [2.05, 4.69) is 0 Å². The van der Waals surface area contributed by atoms with Gasteiger partial charge in [-0.25, -0.2) is 8.42 Å². The van der Waals surface area contributed by atoms with Crippen molar-refractivity contribution >= 4 is 39.0 Å². The van der Waals surface area contributed by atoms with Crippen LogP contribution in [0.1, 0.15) is 11.1 Å². The lowest BCUT2D eigenvalue weighted by Crippen LogP contribution is -2.61. The van der Waals surface area contributed by atoms with Gasteiger partial charge in [0.1, 0.15) is 0 Å². The fraction of sp³-hybridized carbons (Fsp3) is 0.259. The average Bonchev–Trinajstić information content (AvgIpc) is 2.91. The van der Waals surface area contributed by atoms with Crippen LogP contribution >= 0.6 is 11.6 Å². The van der Waals surface area contributed by atoms with Crippen LogP contribution < -0.4 is 9.21 Å². The maximum absolute atomic E-state index is 13.9. The predicted molar refractivity (Wildman–Crippen MR) is 143 cm³/mol. The van der Waals surface area contributed by atoms with Crippen LogP contribution in [-0.4, -0.2) is 63.2 Å². The minimum Gasteiger partial charge on any atom is -0.480 e.